The molecule has 2 unspecified atom stereocenters. The fourth-order valence-corrected chi connectivity index (χ4v) is 3.34. The van der Waals surface area contributed by atoms with Crippen molar-refractivity contribution in [3.05, 3.63) is 71.3 Å². The summed E-state index contributed by atoms with van der Waals surface area (Å²) < 4.78 is 38.0. The molecule has 0 spiro atoms. The van der Waals surface area contributed by atoms with Gasteiger partial charge in [0.05, 0.1) is 28.1 Å². The van der Waals surface area contributed by atoms with Crippen molar-refractivity contribution in [2.45, 2.75) is 19.0 Å². The van der Waals surface area contributed by atoms with E-state index in [1.807, 2.05) is 12.2 Å². The van der Waals surface area contributed by atoms with E-state index in [9.17, 15) is 22.8 Å². The number of allylic oxidation sites excluding steroid dienone is 2. The van der Waals surface area contributed by atoms with Gasteiger partial charge in [-0.2, -0.15) is 13.2 Å². The van der Waals surface area contributed by atoms with E-state index < -0.39 is 29.5 Å². The Balaban J connectivity index is 1.70. The lowest BCUT2D eigenvalue weighted by Gasteiger charge is -2.27. The van der Waals surface area contributed by atoms with Crippen LogP contribution >= 0.6 is 11.6 Å². The van der Waals surface area contributed by atoms with Crippen LogP contribution in [0, 0.1) is 11.8 Å². The number of rotatable bonds is 4. The van der Waals surface area contributed by atoms with Gasteiger partial charge in [-0.25, -0.2) is 0 Å². The first kappa shape index (κ1) is 20.9. The molecule has 2 aromatic rings. The van der Waals surface area contributed by atoms with Gasteiger partial charge >= 0.3 is 6.18 Å². The summed E-state index contributed by atoms with van der Waals surface area (Å²) in [5, 5.41) is 5.73. The zero-order chi connectivity index (χ0) is 21.0. The molecule has 4 nitrogen and oxygen atoms in total. The maximum Gasteiger partial charge on any atom is 0.416 e. The Kier molecular flexibility index (Phi) is 6.27. The van der Waals surface area contributed by atoms with Gasteiger partial charge in [0.25, 0.3) is 0 Å². The molecule has 0 heterocycles. The molecule has 2 aromatic carbocycles. The molecule has 2 N–H and O–H groups in total. The lowest BCUT2D eigenvalue weighted by Crippen LogP contribution is -2.37. The maximum absolute atomic E-state index is 12.7. The summed E-state index contributed by atoms with van der Waals surface area (Å²) in [6, 6.07) is 11.0. The number of benzene rings is 2. The van der Waals surface area contributed by atoms with E-state index in [4.69, 9.17) is 11.6 Å². The number of amides is 2. The molecule has 0 radical (unpaired) electrons. The molecule has 8 heteroatoms. The minimum Gasteiger partial charge on any atom is -0.326 e. The van der Waals surface area contributed by atoms with Crippen molar-refractivity contribution < 1.29 is 22.8 Å². The summed E-state index contributed by atoms with van der Waals surface area (Å²) in [5.41, 5.74) is -0.105. The molecule has 0 aromatic heterocycles. The predicted molar refractivity (Wildman–Crippen MR) is 106 cm³/mol. The van der Waals surface area contributed by atoms with Crippen molar-refractivity contribution in [3.8, 4) is 0 Å². The normalized spacial score (nSPS) is 18.9. The van der Waals surface area contributed by atoms with Gasteiger partial charge in [0.2, 0.25) is 11.8 Å². The summed E-state index contributed by atoms with van der Waals surface area (Å²) in [6.45, 7) is 0. The molecule has 1 aliphatic rings. The van der Waals surface area contributed by atoms with Crippen LogP contribution in [0.3, 0.4) is 0 Å². The lowest BCUT2D eigenvalue weighted by molar-refractivity contribution is -0.137. The first-order valence-corrected chi connectivity index (χ1v) is 9.32. The van der Waals surface area contributed by atoms with Crippen LogP contribution in [0.15, 0.2) is 60.7 Å². The average molecular weight is 423 g/mol. The Hall–Kier alpha value is -2.80. The minimum absolute atomic E-state index is 0.239. The van der Waals surface area contributed by atoms with E-state index in [0.717, 1.165) is 12.1 Å². The fraction of sp³-hybridized carbons (Fsp3) is 0.238. The molecule has 29 heavy (non-hydrogen) atoms. The van der Waals surface area contributed by atoms with Gasteiger partial charge in [-0.3, -0.25) is 9.59 Å². The number of nitrogens with one attached hydrogen (secondary N) is 2. The number of hydrogen-bond donors (Lipinski definition) is 2. The number of carbonyl (C=O) groups is 2. The molecule has 2 atom stereocenters. The standard InChI is InChI=1S/C21H18ClF3N2O2/c22-17-7-3-4-8-18(17)27-20(29)16-6-2-1-5-15(16)19(28)26-14-11-9-13(10-12-14)21(23,24)25/h1-4,7-12,15-16H,5-6H2,(H,26,28)(H,27,29). The monoisotopic (exact) mass is 422 g/mol. The topological polar surface area (TPSA) is 58.2 Å². The molecule has 0 bridgehead atoms. The highest BCUT2D eigenvalue weighted by Crippen LogP contribution is 2.32. The summed E-state index contributed by atoms with van der Waals surface area (Å²) in [5.74, 6) is -2.03. The van der Waals surface area contributed by atoms with E-state index in [1.54, 1.807) is 24.3 Å². The van der Waals surface area contributed by atoms with Gasteiger partial charge in [-0.05, 0) is 49.2 Å². The van der Waals surface area contributed by atoms with Crippen molar-refractivity contribution >= 4 is 34.8 Å². The van der Waals surface area contributed by atoms with Gasteiger partial charge in [-0.15, -0.1) is 0 Å². The molecular weight excluding hydrogens is 405 g/mol. The summed E-state index contributed by atoms with van der Waals surface area (Å²) in [6.07, 6.45) is -0.0674. The molecule has 152 valence electrons. The third-order valence-electron chi connectivity index (χ3n) is 4.72. The second-order valence-corrected chi connectivity index (χ2v) is 7.10. The van der Waals surface area contributed by atoms with Crippen molar-refractivity contribution in [3.63, 3.8) is 0 Å². The van der Waals surface area contributed by atoms with Gasteiger partial charge in [0, 0.05) is 5.69 Å². The fourth-order valence-electron chi connectivity index (χ4n) is 3.16. The quantitative estimate of drug-likeness (QED) is 0.637. The molecule has 0 aliphatic heterocycles. The lowest BCUT2D eigenvalue weighted by atomic mass is 9.81. The van der Waals surface area contributed by atoms with Crippen molar-refractivity contribution in [1.82, 2.24) is 0 Å². The van der Waals surface area contributed by atoms with E-state index >= 15 is 0 Å². The van der Waals surface area contributed by atoms with Crippen molar-refractivity contribution in [2.75, 3.05) is 10.6 Å². The summed E-state index contributed by atoms with van der Waals surface area (Å²) >= 11 is 6.07. The van der Waals surface area contributed by atoms with Crippen molar-refractivity contribution in [2.24, 2.45) is 11.8 Å². The Morgan fingerprint density at radius 3 is 1.97 bits per heavy atom. The summed E-state index contributed by atoms with van der Waals surface area (Å²) in [7, 11) is 0. The minimum atomic E-state index is -4.45. The highest BCUT2D eigenvalue weighted by Gasteiger charge is 2.34. The van der Waals surface area contributed by atoms with Crippen LogP contribution in [-0.4, -0.2) is 11.8 Å². The number of anilines is 2. The van der Waals surface area contributed by atoms with E-state index in [-0.39, 0.29) is 11.6 Å². The van der Waals surface area contributed by atoms with E-state index in [0.29, 0.717) is 23.6 Å². The third kappa shape index (κ3) is 5.17. The first-order chi connectivity index (χ1) is 13.8. The number of halogens is 4. The number of para-hydroxylation sites is 1. The van der Waals surface area contributed by atoms with Gasteiger partial charge < -0.3 is 10.6 Å². The van der Waals surface area contributed by atoms with Crippen molar-refractivity contribution in [1.29, 1.82) is 0 Å². The second kappa shape index (κ2) is 8.69. The van der Waals surface area contributed by atoms with Crippen LogP contribution in [0.1, 0.15) is 18.4 Å². The molecule has 3 rings (SSSR count). The maximum atomic E-state index is 12.7. The molecular formula is C21H18ClF3N2O2. The molecule has 2 amide bonds. The van der Waals surface area contributed by atoms with Gasteiger partial charge in [-0.1, -0.05) is 35.9 Å². The first-order valence-electron chi connectivity index (χ1n) is 8.94. The van der Waals surface area contributed by atoms with Crippen LogP contribution in [0.5, 0.6) is 0 Å². The van der Waals surface area contributed by atoms with Crippen LogP contribution in [-0.2, 0) is 15.8 Å². The number of carbonyl (C=O) groups excluding carboxylic acids is 2. The highest BCUT2D eigenvalue weighted by atomic mass is 35.5. The van der Waals surface area contributed by atoms with Crippen LogP contribution < -0.4 is 10.6 Å². The molecule has 0 fully saturated rings. The molecule has 1 aliphatic carbocycles. The second-order valence-electron chi connectivity index (χ2n) is 6.69. The van der Waals surface area contributed by atoms with Gasteiger partial charge in [0.1, 0.15) is 0 Å². The SMILES string of the molecule is O=C(Nc1ccc(C(F)(F)F)cc1)C1CC=CCC1C(=O)Nc1ccccc1Cl. The van der Waals surface area contributed by atoms with Gasteiger partial charge in [0.15, 0.2) is 0 Å². The van der Waals surface area contributed by atoms with Crippen LogP contribution in [0.2, 0.25) is 5.02 Å². The highest BCUT2D eigenvalue weighted by molar-refractivity contribution is 6.33. The third-order valence-corrected chi connectivity index (χ3v) is 5.05. The molecule has 0 saturated heterocycles. The van der Waals surface area contributed by atoms with E-state index in [1.165, 1.54) is 12.1 Å². The zero-order valence-corrected chi connectivity index (χ0v) is 15.9. The number of alkyl halides is 3. The average Bonchev–Trinajstić information content (AvgIpc) is 2.69. The Labute approximate surface area is 170 Å². The Morgan fingerprint density at radius 1 is 0.862 bits per heavy atom. The Morgan fingerprint density at radius 2 is 1.41 bits per heavy atom. The van der Waals surface area contributed by atoms with E-state index in [2.05, 4.69) is 10.6 Å². The van der Waals surface area contributed by atoms with Crippen LogP contribution in [0.4, 0.5) is 24.5 Å². The predicted octanol–water partition coefficient (Wildman–Crippen LogP) is 5.52. The zero-order valence-electron chi connectivity index (χ0n) is 15.2. The molecule has 0 saturated carbocycles. The smallest absolute Gasteiger partial charge is 0.326 e. The summed E-state index contributed by atoms with van der Waals surface area (Å²) in [4.78, 5) is 25.4. The number of hydrogen-bond acceptors (Lipinski definition) is 2. The Bertz CT molecular complexity index is 926. The van der Waals surface area contributed by atoms with Crippen LogP contribution in [0.25, 0.3) is 0 Å². The largest absolute Gasteiger partial charge is 0.416 e.